The molecule has 4 aliphatic heterocycles. The van der Waals surface area contributed by atoms with Gasteiger partial charge < -0.3 is 9.80 Å². The number of para-hydroxylation sites is 4. The van der Waals surface area contributed by atoms with Gasteiger partial charge in [-0.3, -0.25) is 0 Å². The van der Waals surface area contributed by atoms with Crippen molar-refractivity contribution >= 4 is 73.7 Å². The van der Waals surface area contributed by atoms with Crippen molar-refractivity contribution in [1.29, 1.82) is 0 Å². The lowest BCUT2D eigenvalue weighted by atomic mass is 9.59. The zero-order valence-electron chi connectivity index (χ0n) is 33.8. The lowest BCUT2D eigenvalue weighted by molar-refractivity contribution is 0.720. The number of fused-ring (bicyclic) bond motifs is 20. The zero-order valence-corrected chi connectivity index (χ0v) is 34.8. The lowest BCUT2D eigenvalue weighted by Crippen LogP contribution is -2.70. The van der Waals surface area contributed by atoms with E-state index in [1.807, 2.05) is 0 Å². The zero-order chi connectivity index (χ0) is 40.6. The van der Waals surface area contributed by atoms with E-state index < -0.39 is 13.5 Å². The molecule has 0 unspecified atom stereocenters. The van der Waals surface area contributed by atoms with Gasteiger partial charge in [0.1, 0.15) is 0 Å². The van der Waals surface area contributed by atoms with E-state index in [0.29, 0.717) is 0 Å². The van der Waals surface area contributed by atoms with E-state index in [1.54, 1.807) is 0 Å². The summed E-state index contributed by atoms with van der Waals surface area (Å²) in [5, 5.41) is 8.42. The fourth-order valence-corrected chi connectivity index (χ4v) is 17.9. The van der Waals surface area contributed by atoms with E-state index in [-0.39, 0.29) is 0 Å². The van der Waals surface area contributed by atoms with Crippen molar-refractivity contribution in [3.05, 3.63) is 253 Å². The summed E-state index contributed by atoms with van der Waals surface area (Å²) < 4.78 is 0. The fraction of sp³-hybridized carbons (Fsp3) is 0.0169. The highest BCUT2D eigenvalue weighted by molar-refractivity contribution is 7.24. The highest BCUT2D eigenvalue weighted by Gasteiger charge is 2.55. The van der Waals surface area contributed by atoms with E-state index in [0.717, 1.165) is 5.69 Å². The van der Waals surface area contributed by atoms with Gasteiger partial charge in [0.05, 0.1) is 28.2 Å². The predicted molar refractivity (Wildman–Crippen MR) is 260 cm³/mol. The van der Waals surface area contributed by atoms with Crippen molar-refractivity contribution in [2.45, 2.75) is 5.41 Å². The molecule has 62 heavy (non-hydrogen) atoms. The summed E-state index contributed by atoms with van der Waals surface area (Å²) >= 11 is 0. The highest BCUT2D eigenvalue weighted by atomic mass is 28.3. The van der Waals surface area contributed by atoms with Crippen LogP contribution < -0.4 is 30.5 Å². The van der Waals surface area contributed by atoms with Gasteiger partial charge in [-0.25, -0.2) is 0 Å². The first-order chi connectivity index (χ1) is 30.8. The molecule has 0 amide bonds. The van der Waals surface area contributed by atoms with Crippen LogP contribution in [0.5, 0.6) is 0 Å². The van der Waals surface area contributed by atoms with Crippen LogP contribution in [0.4, 0.5) is 34.1 Å². The Hall–Kier alpha value is -7.72. The molecule has 0 aliphatic carbocycles. The Bertz CT molecular complexity index is 3400. The molecule has 4 aliphatic rings. The van der Waals surface area contributed by atoms with Gasteiger partial charge in [-0.2, -0.15) is 0 Å². The minimum Gasteiger partial charge on any atom is -0.310 e. The van der Waals surface area contributed by atoms with Gasteiger partial charge in [-0.15, -0.1) is 0 Å². The molecule has 0 aromatic heterocycles. The number of hydrogen-bond acceptors (Lipinski definition) is 2. The molecular formula is C59H38N2Si. The van der Waals surface area contributed by atoms with Crippen molar-refractivity contribution in [1.82, 2.24) is 0 Å². The van der Waals surface area contributed by atoms with Crippen LogP contribution in [0.15, 0.2) is 231 Å². The fourth-order valence-electron chi connectivity index (χ4n) is 12.2. The smallest absolute Gasteiger partial charge is 0.182 e. The van der Waals surface area contributed by atoms with Gasteiger partial charge >= 0.3 is 0 Å². The molecule has 0 N–H and O–H groups in total. The second-order valence-corrected chi connectivity index (χ2v) is 20.8. The van der Waals surface area contributed by atoms with E-state index >= 15 is 0 Å². The van der Waals surface area contributed by atoms with E-state index in [2.05, 4.69) is 240 Å². The summed E-state index contributed by atoms with van der Waals surface area (Å²) in [5.41, 5.74) is 17.2. The SMILES string of the molecule is c1ccc(N2c3ccccc3C3(c4ccccc42)c2ccccc2N(c2ccc4c(c2)[Si]2(c5ccccc5-c5ccccc52)c2ccccc2-4)c2c3ccc3ccccc23)cc1. The van der Waals surface area contributed by atoms with Crippen LogP contribution in [-0.4, -0.2) is 8.07 Å². The molecule has 10 aromatic rings. The number of hydrogen-bond donors (Lipinski definition) is 0. The van der Waals surface area contributed by atoms with Gasteiger partial charge in [0, 0.05) is 16.8 Å². The monoisotopic (exact) mass is 802 g/mol. The largest absolute Gasteiger partial charge is 0.310 e. The molecule has 0 fully saturated rings. The summed E-state index contributed by atoms with van der Waals surface area (Å²) in [6.45, 7) is 0. The third-order valence-electron chi connectivity index (χ3n) is 14.4. The maximum atomic E-state index is 2.62. The molecule has 0 bridgehead atoms. The van der Waals surface area contributed by atoms with Crippen LogP contribution in [0.25, 0.3) is 33.0 Å². The van der Waals surface area contributed by atoms with Crippen molar-refractivity contribution in [3.8, 4) is 22.3 Å². The minimum absolute atomic E-state index is 0.614. The molecule has 0 radical (unpaired) electrons. The van der Waals surface area contributed by atoms with Gasteiger partial charge in [-0.05, 0) is 113 Å². The van der Waals surface area contributed by atoms with Gasteiger partial charge in [0.25, 0.3) is 0 Å². The Kier molecular flexibility index (Phi) is 6.82. The van der Waals surface area contributed by atoms with Crippen molar-refractivity contribution in [2.24, 2.45) is 0 Å². The number of anilines is 6. The van der Waals surface area contributed by atoms with Crippen LogP contribution >= 0.6 is 0 Å². The molecule has 3 heteroatoms. The van der Waals surface area contributed by atoms with Gasteiger partial charge in [-0.1, -0.05) is 188 Å². The molecule has 288 valence electrons. The lowest BCUT2D eigenvalue weighted by Gasteiger charge is -2.51. The topological polar surface area (TPSA) is 6.48 Å². The minimum atomic E-state index is -2.69. The Morgan fingerprint density at radius 3 is 1.37 bits per heavy atom. The molecule has 0 saturated carbocycles. The van der Waals surface area contributed by atoms with Crippen LogP contribution in [0.2, 0.25) is 0 Å². The summed E-state index contributed by atoms with van der Waals surface area (Å²) in [6.07, 6.45) is 0. The van der Waals surface area contributed by atoms with Crippen LogP contribution in [0.1, 0.15) is 22.3 Å². The van der Waals surface area contributed by atoms with Gasteiger partial charge in [0.15, 0.2) is 8.07 Å². The van der Waals surface area contributed by atoms with Crippen molar-refractivity contribution in [3.63, 3.8) is 0 Å². The summed E-state index contributed by atoms with van der Waals surface area (Å²) in [4.78, 5) is 5.08. The molecular weight excluding hydrogens is 765 g/mol. The first kappa shape index (κ1) is 34.0. The summed E-state index contributed by atoms with van der Waals surface area (Å²) in [6, 6.07) is 87.3. The van der Waals surface area contributed by atoms with Gasteiger partial charge in [0.2, 0.25) is 0 Å². The van der Waals surface area contributed by atoms with E-state index in [1.165, 1.54) is 104 Å². The van der Waals surface area contributed by atoms with Crippen molar-refractivity contribution < 1.29 is 0 Å². The first-order valence-electron chi connectivity index (χ1n) is 21.7. The Morgan fingerprint density at radius 1 is 0.306 bits per heavy atom. The van der Waals surface area contributed by atoms with E-state index in [9.17, 15) is 0 Å². The summed E-state index contributed by atoms with van der Waals surface area (Å²) in [7, 11) is -2.69. The molecule has 0 atom stereocenters. The Balaban J connectivity index is 1.09. The quantitative estimate of drug-likeness (QED) is 0.161. The third-order valence-corrected chi connectivity index (χ3v) is 19.4. The van der Waals surface area contributed by atoms with E-state index in [4.69, 9.17) is 0 Å². The molecule has 0 saturated heterocycles. The third kappa shape index (κ3) is 4.09. The number of rotatable bonds is 2. The predicted octanol–water partition coefficient (Wildman–Crippen LogP) is 12.1. The maximum Gasteiger partial charge on any atom is 0.182 e. The number of nitrogens with zero attached hydrogens (tertiary/aromatic N) is 2. The highest BCUT2D eigenvalue weighted by Crippen LogP contribution is 2.64. The first-order valence-corrected chi connectivity index (χ1v) is 23.7. The average molecular weight is 803 g/mol. The second-order valence-electron chi connectivity index (χ2n) is 17.1. The molecule has 10 aromatic carbocycles. The van der Waals surface area contributed by atoms with Crippen molar-refractivity contribution in [2.75, 3.05) is 9.80 Å². The summed E-state index contributed by atoms with van der Waals surface area (Å²) in [5.74, 6) is 0. The van der Waals surface area contributed by atoms with Crippen LogP contribution in [0, 0.1) is 0 Å². The molecule has 2 spiro atoms. The molecule has 4 heterocycles. The normalized spacial score (nSPS) is 15.0. The Morgan fingerprint density at radius 2 is 0.774 bits per heavy atom. The molecule has 14 rings (SSSR count). The maximum absolute atomic E-state index is 2.69. The Labute approximate surface area is 362 Å². The second kappa shape index (κ2) is 12.4. The molecule has 2 nitrogen and oxygen atoms in total. The standard InChI is InChI=1S/C59H38N2Si/c1-2-19-40(20-3-1)60-51-28-12-9-25-47(51)59(48-26-10-13-29-52(48)60)49-27-11-14-30-53(49)61(58-42-21-5-4-18-39(42)34-37-50(58)59)41-35-36-46-45-24-8-17-33-56(45)62(57(46)38-41)54-31-15-6-22-43(54)44-23-7-16-32-55(44)62/h1-38H. The average Bonchev–Trinajstić information content (AvgIpc) is 3.81. The van der Waals surface area contributed by atoms with Crippen LogP contribution in [-0.2, 0) is 5.41 Å². The van der Waals surface area contributed by atoms with Crippen LogP contribution in [0.3, 0.4) is 0 Å². The number of benzene rings is 10.